The first-order valence-corrected chi connectivity index (χ1v) is 12.6. The number of carbonyl (C=O) groups excluding carboxylic acids is 2. The van der Waals surface area contributed by atoms with Gasteiger partial charge in [-0.3, -0.25) is 14.4 Å². The maximum atomic E-state index is 12.6. The lowest BCUT2D eigenvalue weighted by molar-refractivity contribution is -0.171. The van der Waals surface area contributed by atoms with E-state index in [-0.39, 0.29) is 30.0 Å². The molecular formula is C27H40O6. The van der Waals surface area contributed by atoms with Gasteiger partial charge in [0.1, 0.15) is 11.5 Å². The molecule has 0 aromatic heterocycles. The Kier molecular flexibility index (Phi) is 7.87. The highest BCUT2D eigenvalue weighted by Crippen LogP contribution is 2.64. The van der Waals surface area contributed by atoms with Crippen LogP contribution in [0.5, 0.6) is 0 Å². The van der Waals surface area contributed by atoms with Crippen LogP contribution in [0.15, 0.2) is 23.5 Å². The first-order valence-electron chi connectivity index (χ1n) is 12.6. The van der Waals surface area contributed by atoms with Crippen molar-refractivity contribution in [1.82, 2.24) is 0 Å². The van der Waals surface area contributed by atoms with E-state index in [1.807, 2.05) is 19.1 Å². The summed E-state index contributed by atoms with van der Waals surface area (Å²) in [5.74, 6) is -1.35. The van der Waals surface area contributed by atoms with Crippen LogP contribution in [0.1, 0.15) is 91.9 Å². The van der Waals surface area contributed by atoms with Crippen molar-refractivity contribution < 1.29 is 29.3 Å². The molecule has 33 heavy (non-hydrogen) atoms. The third kappa shape index (κ3) is 5.26. The molecule has 3 aliphatic carbocycles. The molecule has 0 amide bonds. The van der Waals surface area contributed by atoms with Crippen LogP contribution in [0.25, 0.3) is 0 Å². The minimum atomic E-state index is -1.05. The number of allylic oxidation sites excluding steroid dienone is 2. The molecule has 0 radical (unpaired) electrons. The summed E-state index contributed by atoms with van der Waals surface area (Å²) >= 11 is 0. The van der Waals surface area contributed by atoms with Gasteiger partial charge in [0.2, 0.25) is 0 Å². The van der Waals surface area contributed by atoms with Crippen LogP contribution in [0.4, 0.5) is 0 Å². The summed E-state index contributed by atoms with van der Waals surface area (Å²) in [4.78, 5) is 36.0. The van der Waals surface area contributed by atoms with Gasteiger partial charge < -0.3 is 14.9 Å². The Morgan fingerprint density at radius 1 is 1.21 bits per heavy atom. The summed E-state index contributed by atoms with van der Waals surface area (Å²) in [5.41, 5.74) is 0.272. The number of rotatable bonds is 11. The fraction of sp³-hybridized carbons (Fsp3) is 0.741. The molecule has 0 saturated heterocycles. The van der Waals surface area contributed by atoms with Gasteiger partial charge in [-0.25, -0.2) is 0 Å². The molecule has 2 N–H and O–H groups in total. The smallest absolute Gasteiger partial charge is 0.311 e. The number of aliphatic hydroxyl groups excluding tert-OH is 1. The van der Waals surface area contributed by atoms with Gasteiger partial charge in [-0.1, -0.05) is 59.5 Å². The lowest BCUT2D eigenvalue weighted by Gasteiger charge is -2.61. The van der Waals surface area contributed by atoms with Gasteiger partial charge in [-0.05, 0) is 47.7 Å². The maximum absolute atomic E-state index is 12.6. The molecule has 0 heterocycles. The summed E-state index contributed by atoms with van der Waals surface area (Å²) in [6.45, 7) is 8.51. The molecule has 0 aromatic rings. The SMILES string of the molecule is CCCCCCC(C)(C)C1=CC(O)C(C2(C)[C@@H]3CCC(=O)[C@H]2C3)C(OC(=O)CCC(=O)O)=C1. The quantitative estimate of drug-likeness (QED) is 0.325. The first-order chi connectivity index (χ1) is 15.5. The van der Waals surface area contributed by atoms with E-state index in [0.717, 1.165) is 37.7 Å². The average molecular weight is 461 g/mol. The zero-order chi connectivity index (χ0) is 24.4. The standard InChI is InChI=1S/C27H40O6/c1-5-6-7-8-13-26(2,3)18-15-21(29)25(22(16-18)33-24(32)12-11-23(30)31)27(4)17-9-10-20(28)19(27)14-17/h15-17,19,21,25,29H,5-14H2,1-4H3,(H,30,31)/t17-,19-,21?,25?,27?/m1/s1. The predicted octanol–water partition coefficient (Wildman–Crippen LogP) is 5.20. The fourth-order valence-electron chi connectivity index (χ4n) is 6.24. The monoisotopic (exact) mass is 460 g/mol. The number of unbranched alkanes of at least 4 members (excludes halogenated alkanes) is 3. The number of ketones is 1. The third-order valence-corrected chi connectivity index (χ3v) is 8.46. The van der Waals surface area contributed by atoms with Crippen molar-refractivity contribution in [3.63, 3.8) is 0 Å². The number of hydrogen-bond donors (Lipinski definition) is 2. The first kappa shape index (κ1) is 25.7. The van der Waals surface area contributed by atoms with Crippen LogP contribution < -0.4 is 0 Å². The minimum absolute atomic E-state index is 0.131. The summed E-state index contributed by atoms with van der Waals surface area (Å²) in [7, 11) is 0. The van der Waals surface area contributed by atoms with Gasteiger partial charge in [0, 0.05) is 12.3 Å². The normalized spacial score (nSPS) is 31.4. The Hall–Kier alpha value is -1.95. The second-order valence-electron chi connectivity index (χ2n) is 11.1. The van der Waals surface area contributed by atoms with Crippen molar-refractivity contribution in [3.8, 4) is 0 Å². The number of carboxylic acids is 1. The molecule has 2 bridgehead atoms. The number of ether oxygens (including phenoxy) is 1. The average Bonchev–Trinajstić information content (AvgIpc) is 2.74. The van der Waals surface area contributed by atoms with Gasteiger partial charge in [-0.2, -0.15) is 0 Å². The van der Waals surface area contributed by atoms with Gasteiger partial charge >= 0.3 is 11.9 Å². The molecule has 6 nitrogen and oxygen atoms in total. The lowest BCUT2D eigenvalue weighted by atomic mass is 9.42. The Bertz CT molecular complexity index is 836. The summed E-state index contributed by atoms with van der Waals surface area (Å²) in [5, 5.41) is 20.3. The molecule has 0 spiro atoms. The van der Waals surface area contributed by atoms with Gasteiger partial charge in [0.05, 0.1) is 24.9 Å². The highest BCUT2D eigenvalue weighted by atomic mass is 16.5. The number of hydrogen-bond acceptors (Lipinski definition) is 5. The van der Waals surface area contributed by atoms with E-state index in [4.69, 9.17) is 9.84 Å². The van der Waals surface area contributed by atoms with Crippen LogP contribution in [0, 0.1) is 28.6 Å². The molecule has 3 aliphatic rings. The number of fused-ring (bicyclic) bond motifs is 2. The Balaban J connectivity index is 1.87. The summed E-state index contributed by atoms with van der Waals surface area (Å²) < 4.78 is 5.76. The summed E-state index contributed by atoms with van der Waals surface area (Å²) in [6, 6.07) is 0. The number of carbonyl (C=O) groups is 3. The van der Waals surface area contributed by atoms with Gasteiger partial charge in [0.25, 0.3) is 0 Å². The van der Waals surface area contributed by atoms with Gasteiger partial charge in [-0.15, -0.1) is 0 Å². The van der Waals surface area contributed by atoms with Crippen LogP contribution in [0.3, 0.4) is 0 Å². The third-order valence-electron chi connectivity index (χ3n) is 8.46. The van der Waals surface area contributed by atoms with E-state index in [1.54, 1.807) is 0 Å². The number of esters is 1. The van der Waals surface area contributed by atoms with Crippen molar-refractivity contribution in [2.75, 3.05) is 0 Å². The molecule has 3 rings (SSSR count). The minimum Gasteiger partial charge on any atom is -0.481 e. The van der Waals surface area contributed by atoms with Crippen molar-refractivity contribution in [3.05, 3.63) is 23.5 Å². The molecule has 5 atom stereocenters. The summed E-state index contributed by atoms with van der Waals surface area (Å²) in [6.07, 6.45) is 10.2. The van der Waals surface area contributed by atoms with E-state index >= 15 is 0 Å². The molecular weight excluding hydrogens is 420 g/mol. The molecule has 3 unspecified atom stereocenters. The van der Waals surface area contributed by atoms with Crippen molar-refractivity contribution >= 4 is 17.7 Å². The predicted molar refractivity (Wildman–Crippen MR) is 125 cm³/mol. The van der Waals surface area contributed by atoms with E-state index in [1.165, 1.54) is 12.8 Å². The van der Waals surface area contributed by atoms with E-state index < -0.39 is 29.4 Å². The zero-order valence-electron chi connectivity index (χ0n) is 20.6. The van der Waals surface area contributed by atoms with E-state index in [9.17, 15) is 19.5 Å². The number of aliphatic carboxylic acids is 1. The topological polar surface area (TPSA) is 101 Å². The van der Waals surface area contributed by atoms with E-state index in [0.29, 0.717) is 18.1 Å². The molecule has 184 valence electrons. The lowest BCUT2D eigenvalue weighted by Crippen LogP contribution is -2.61. The van der Waals surface area contributed by atoms with Crippen molar-refractivity contribution in [2.24, 2.45) is 28.6 Å². The number of carboxylic acid groups (broad SMARTS) is 1. The highest BCUT2D eigenvalue weighted by Gasteiger charge is 2.63. The fourth-order valence-corrected chi connectivity index (χ4v) is 6.24. The second-order valence-corrected chi connectivity index (χ2v) is 11.1. The Labute approximate surface area is 197 Å². The van der Waals surface area contributed by atoms with E-state index in [2.05, 4.69) is 20.8 Å². The molecule has 2 saturated carbocycles. The highest BCUT2D eigenvalue weighted by molar-refractivity contribution is 5.85. The van der Waals surface area contributed by atoms with Crippen LogP contribution >= 0.6 is 0 Å². The molecule has 6 heteroatoms. The molecule has 0 aliphatic heterocycles. The number of Topliss-reactive ketones (excluding diaryl/α,β-unsaturated/α-hetero) is 1. The second kappa shape index (κ2) is 10.1. The van der Waals surface area contributed by atoms with Gasteiger partial charge in [0.15, 0.2) is 0 Å². The van der Waals surface area contributed by atoms with Crippen LogP contribution in [-0.2, 0) is 19.1 Å². The largest absolute Gasteiger partial charge is 0.481 e. The Morgan fingerprint density at radius 3 is 2.55 bits per heavy atom. The van der Waals surface area contributed by atoms with Crippen molar-refractivity contribution in [1.29, 1.82) is 0 Å². The van der Waals surface area contributed by atoms with Crippen molar-refractivity contribution in [2.45, 2.75) is 98.0 Å². The van der Waals surface area contributed by atoms with Crippen LogP contribution in [-0.4, -0.2) is 34.0 Å². The molecule has 0 aromatic carbocycles. The number of aliphatic hydroxyl groups is 1. The maximum Gasteiger partial charge on any atom is 0.311 e. The Morgan fingerprint density at radius 2 is 1.94 bits per heavy atom. The zero-order valence-corrected chi connectivity index (χ0v) is 20.6. The molecule has 2 fully saturated rings. The van der Waals surface area contributed by atoms with Crippen LogP contribution in [0.2, 0.25) is 0 Å².